The fraction of sp³-hybridized carbons (Fsp3) is 0.636. The van der Waals surface area contributed by atoms with Crippen LogP contribution in [0.2, 0.25) is 0 Å². The van der Waals surface area contributed by atoms with Gasteiger partial charge < -0.3 is 11.5 Å². The van der Waals surface area contributed by atoms with E-state index in [0.717, 1.165) is 43.5 Å². The maximum atomic E-state index is 10.6. The Hall–Kier alpha value is -2.12. The van der Waals surface area contributed by atoms with Crippen molar-refractivity contribution in [2.24, 2.45) is 33.5 Å². The second-order valence-corrected chi connectivity index (χ2v) is 4.87. The smallest absolute Gasteiger partial charge is 0.332 e. The lowest BCUT2D eigenvalue weighted by Gasteiger charge is -2.36. The number of rotatable bonds is 2. The molecular formula is C11H18N6O2. The van der Waals surface area contributed by atoms with E-state index < -0.39 is 12.1 Å². The summed E-state index contributed by atoms with van der Waals surface area (Å²) in [6.45, 7) is 0. The van der Waals surface area contributed by atoms with Crippen LogP contribution in [0.15, 0.2) is 10.2 Å². The first-order chi connectivity index (χ1) is 9.06. The second-order valence-electron chi connectivity index (χ2n) is 4.87. The van der Waals surface area contributed by atoms with Gasteiger partial charge in [-0.25, -0.2) is 20.4 Å². The average molecular weight is 266 g/mol. The van der Waals surface area contributed by atoms with Crippen molar-refractivity contribution in [1.82, 2.24) is 10.9 Å². The van der Waals surface area contributed by atoms with Gasteiger partial charge in [-0.2, -0.15) is 10.2 Å². The van der Waals surface area contributed by atoms with Crippen LogP contribution in [0.5, 0.6) is 0 Å². The summed E-state index contributed by atoms with van der Waals surface area (Å²) in [6.07, 6.45) is 4.39. The van der Waals surface area contributed by atoms with Crippen LogP contribution >= 0.6 is 0 Å². The number of hydrazone groups is 2. The molecule has 2 aliphatic rings. The Balaban J connectivity index is 1.98. The molecule has 8 heteroatoms. The molecule has 2 rings (SSSR count). The van der Waals surface area contributed by atoms with Crippen LogP contribution in [-0.4, -0.2) is 23.5 Å². The third kappa shape index (κ3) is 3.43. The molecule has 2 fully saturated rings. The van der Waals surface area contributed by atoms with Crippen LogP contribution < -0.4 is 22.3 Å². The van der Waals surface area contributed by atoms with Gasteiger partial charge in [-0.1, -0.05) is 0 Å². The summed E-state index contributed by atoms with van der Waals surface area (Å²) in [4.78, 5) is 21.3. The van der Waals surface area contributed by atoms with Crippen molar-refractivity contribution < 1.29 is 9.59 Å². The summed E-state index contributed by atoms with van der Waals surface area (Å²) in [5.74, 6) is 0.719. The fourth-order valence-corrected chi connectivity index (χ4v) is 2.79. The highest BCUT2D eigenvalue weighted by atomic mass is 16.2. The van der Waals surface area contributed by atoms with Crippen molar-refractivity contribution in [2.75, 3.05) is 0 Å². The maximum absolute atomic E-state index is 10.6. The van der Waals surface area contributed by atoms with Crippen LogP contribution in [-0.2, 0) is 0 Å². The Bertz CT molecular complexity index is 404. The summed E-state index contributed by atoms with van der Waals surface area (Å²) < 4.78 is 0. The van der Waals surface area contributed by atoms with Crippen molar-refractivity contribution >= 4 is 23.5 Å². The van der Waals surface area contributed by atoms with Crippen molar-refractivity contribution in [3.63, 3.8) is 0 Å². The number of amides is 4. The van der Waals surface area contributed by atoms with Gasteiger partial charge in [0.15, 0.2) is 0 Å². The third-order valence-electron chi connectivity index (χ3n) is 3.63. The predicted octanol–water partition coefficient (Wildman–Crippen LogP) is 0.245. The molecule has 2 unspecified atom stereocenters. The molecule has 8 nitrogen and oxygen atoms in total. The van der Waals surface area contributed by atoms with E-state index >= 15 is 0 Å². The molecule has 0 aromatic rings. The summed E-state index contributed by atoms with van der Waals surface area (Å²) >= 11 is 0. The number of urea groups is 2. The molecule has 0 aliphatic heterocycles. The maximum Gasteiger partial charge on any atom is 0.332 e. The second kappa shape index (κ2) is 5.68. The van der Waals surface area contributed by atoms with Crippen LogP contribution in [0.1, 0.15) is 32.1 Å². The number of nitrogens with two attached hydrogens (primary N) is 2. The van der Waals surface area contributed by atoms with Gasteiger partial charge in [-0.3, -0.25) is 0 Å². The molecule has 0 aromatic carbocycles. The highest BCUT2D eigenvalue weighted by Gasteiger charge is 2.34. The van der Waals surface area contributed by atoms with E-state index in [1.54, 1.807) is 0 Å². The van der Waals surface area contributed by atoms with Gasteiger partial charge in [0.1, 0.15) is 0 Å². The molecule has 19 heavy (non-hydrogen) atoms. The van der Waals surface area contributed by atoms with Gasteiger partial charge in [0.05, 0.1) is 0 Å². The van der Waals surface area contributed by atoms with Crippen molar-refractivity contribution in [1.29, 1.82) is 0 Å². The Labute approximate surface area is 110 Å². The highest BCUT2D eigenvalue weighted by molar-refractivity contribution is 5.95. The van der Waals surface area contributed by atoms with Gasteiger partial charge in [-0.15, -0.1) is 0 Å². The van der Waals surface area contributed by atoms with Crippen molar-refractivity contribution in [3.05, 3.63) is 0 Å². The Morgan fingerprint density at radius 1 is 0.947 bits per heavy atom. The van der Waals surface area contributed by atoms with E-state index in [0.29, 0.717) is 11.8 Å². The Morgan fingerprint density at radius 3 is 1.74 bits per heavy atom. The molecule has 0 aromatic heterocycles. The first-order valence-electron chi connectivity index (χ1n) is 6.30. The molecule has 0 heterocycles. The van der Waals surface area contributed by atoms with E-state index in [4.69, 9.17) is 11.5 Å². The fourth-order valence-electron chi connectivity index (χ4n) is 2.79. The number of carbonyl (C=O) groups is 2. The molecular weight excluding hydrogens is 248 g/mol. The largest absolute Gasteiger partial charge is 0.350 e. The summed E-state index contributed by atoms with van der Waals surface area (Å²) in [6, 6.07) is -1.28. The minimum absolute atomic E-state index is 0.359. The normalized spacial score (nSPS) is 30.1. The van der Waals surface area contributed by atoms with Crippen LogP contribution in [0.4, 0.5) is 9.59 Å². The van der Waals surface area contributed by atoms with E-state index in [9.17, 15) is 9.59 Å². The number of nitrogens with zero attached hydrogens (tertiary/aromatic N) is 2. The number of fused-ring (bicyclic) bond motifs is 2. The third-order valence-corrected chi connectivity index (χ3v) is 3.63. The molecule has 104 valence electrons. The Kier molecular flexibility index (Phi) is 3.98. The van der Waals surface area contributed by atoms with Gasteiger partial charge >= 0.3 is 12.1 Å². The highest BCUT2D eigenvalue weighted by Crippen LogP contribution is 2.36. The van der Waals surface area contributed by atoms with Crippen LogP contribution in [0.25, 0.3) is 0 Å². The molecule has 6 N–H and O–H groups in total. The van der Waals surface area contributed by atoms with Crippen LogP contribution in [0.3, 0.4) is 0 Å². The summed E-state index contributed by atoms with van der Waals surface area (Å²) in [5.41, 5.74) is 16.6. The van der Waals surface area contributed by atoms with E-state index in [1.165, 1.54) is 0 Å². The Morgan fingerprint density at radius 2 is 1.37 bits per heavy atom. The zero-order valence-corrected chi connectivity index (χ0v) is 10.6. The molecule has 0 saturated heterocycles. The molecule has 4 amide bonds. The van der Waals surface area contributed by atoms with E-state index in [1.807, 2.05) is 0 Å². The molecule has 2 saturated carbocycles. The summed E-state index contributed by atoms with van der Waals surface area (Å²) in [5, 5.41) is 8.13. The van der Waals surface area contributed by atoms with Gasteiger partial charge in [0.2, 0.25) is 0 Å². The number of primary amides is 2. The lowest BCUT2D eigenvalue weighted by molar-refractivity contribution is 0.248. The number of carbonyl (C=O) groups excluding carboxylic acids is 2. The molecule has 2 aliphatic carbocycles. The lowest BCUT2D eigenvalue weighted by atomic mass is 9.70. The van der Waals surface area contributed by atoms with Gasteiger partial charge in [0.25, 0.3) is 0 Å². The van der Waals surface area contributed by atoms with Gasteiger partial charge in [-0.05, 0) is 32.1 Å². The van der Waals surface area contributed by atoms with E-state index in [-0.39, 0.29) is 0 Å². The number of nitrogens with one attached hydrogen (secondary N) is 2. The number of hydrogen-bond donors (Lipinski definition) is 4. The summed E-state index contributed by atoms with van der Waals surface area (Å²) in [7, 11) is 0. The first-order valence-corrected chi connectivity index (χ1v) is 6.30. The SMILES string of the molecule is NC(=O)NN=C1CCC2CC1CCC2=NNC(N)=O. The average Bonchev–Trinajstić information content (AvgIpc) is 2.36. The zero-order valence-electron chi connectivity index (χ0n) is 10.6. The van der Waals surface area contributed by atoms with Crippen LogP contribution in [0, 0.1) is 11.8 Å². The lowest BCUT2D eigenvalue weighted by Crippen LogP contribution is -2.38. The molecule has 0 radical (unpaired) electrons. The van der Waals surface area contributed by atoms with Crippen molar-refractivity contribution in [3.8, 4) is 0 Å². The topological polar surface area (TPSA) is 135 Å². The molecule has 2 bridgehead atoms. The minimum atomic E-state index is -0.640. The monoisotopic (exact) mass is 266 g/mol. The minimum Gasteiger partial charge on any atom is -0.350 e. The van der Waals surface area contributed by atoms with E-state index in [2.05, 4.69) is 21.1 Å². The standard InChI is InChI=1S/C11H18N6O2/c12-10(18)16-14-8-3-1-6-5-7(8)2-4-9(6)15-17-11(13)19/h6-7H,1-5H2,(H3,12,16,18)(H3,13,17,19). The van der Waals surface area contributed by atoms with Gasteiger partial charge in [0, 0.05) is 23.3 Å². The first kappa shape index (κ1) is 13.3. The predicted molar refractivity (Wildman–Crippen MR) is 70.4 cm³/mol. The number of hydrogen-bond acceptors (Lipinski definition) is 4. The quantitative estimate of drug-likeness (QED) is 0.533. The van der Waals surface area contributed by atoms with Crippen molar-refractivity contribution in [2.45, 2.75) is 32.1 Å². The zero-order chi connectivity index (χ0) is 13.8. The molecule has 2 atom stereocenters. The molecule has 0 spiro atoms.